The van der Waals surface area contributed by atoms with Gasteiger partial charge < -0.3 is 9.32 Å². The van der Waals surface area contributed by atoms with Gasteiger partial charge in [0.15, 0.2) is 0 Å². The Hall–Kier alpha value is -5.34. The fourth-order valence-electron chi connectivity index (χ4n) is 5.83. The van der Waals surface area contributed by atoms with Crippen molar-refractivity contribution in [3.63, 3.8) is 0 Å². The van der Waals surface area contributed by atoms with Crippen LogP contribution in [0.1, 0.15) is 0 Å². The van der Waals surface area contributed by atoms with Crippen LogP contribution in [-0.4, -0.2) is 0 Å². The molecule has 8 rings (SSSR count). The van der Waals surface area contributed by atoms with E-state index < -0.39 is 0 Å². The maximum absolute atomic E-state index is 6.33. The summed E-state index contributed by atoms with van der Waals surface area (Å²) in [5.74, 6) is 0. The van der Waals surface area contributed by atoms with Gasteiger partial charge in [-0.15, -0.1) is 0 Å². The maximum atomic E-state index is 6.33. The first-order chi connectivity index (χ1) is 19.8. The third kappa shape index (κ3) is 3.73. The predicted molar refractivity (Wildman–Crippen MR) is 169 cm³/mol. The molecule has 0 unspecified atom stereocenters. The molecular weight excluding hydrogens is 486 g/mol. The Morgan fingerprint density at radius 1 is 0.375 bits per heavy atom. The van der Waals surface area contributed by atoms with E-state index in [4.69, 9.17) is 4.42 Å². The van der Waals surface area contributed by atoms with E-state index in [-0.39, 0.29) is 0 Å². The van der Waals surface area contributed by atoms with Crippen LogP contribution in [0.3, 0.4) is 0 Å². The lowest BCUT2D eigenvalue weighted by atomic mass is 10.0. The highest BCUT2D eigenvalue weighted by atomic mass is 16.3. The van der Waals surface area contributed by atoms with E-state index in [1.807, 2.05) is 12.1 Å². The maximum Gasteiger partial charge on any atom is 0.143 e. The number of benzene rings is 7. The molecule has 40 heavy (non-hydrogen) atoms. The smallest absolute Gasteiger partial charge is 0.143 e. The molecule has 0 saturated carbocycles. The molecule has 0 atom stereocenters. The van der Waals surface area contributed by atoms with Crippen molar-refractivity contribution in [3.05, 3.63) is 152 Å². The molecule has 0 aliphatic heterocycles. The Bertz CT molecular complexity index is 2160. The Balaban J connectivity index is 1.30. The Kier molecular flexibility index (Phi) is 5.17. The van der Waals surface area contributed by atoms with Gasteiger partial charge >= 0.3 is 0 Å². The highest BCUT2D eigenvalue weighted by molar-refractivity contribution is 6.15. The van der Waals surface area contributed by atoms with Gasteiger partial charge in [-0.2, -0.15) is 0 Å². The van der Waals surface area contributed by atoms with Crippen LogP contribution in [-0.2, 0) is 0 Å². The summed E-state index contributed by atoms with van der Waals surface area (Å²) < 4.78 is 6.33. The minimum absolute atomic E-state index is 0.922. The van der Waals surface area contributed by atoms with Crippen LogP contribution in [0.2, 0.25) is 0 Å². The molecular formula is C38H25NO. The van der Waals surface area contributed by atoms with Crippen LogP contribution in [0.15, 0.2) is 156 Å². The van der Waals surface area contributed by atoms with Gasteiger partial charge in [-0.3, -0.25) is 0 Å². The highest BCUT2D eigenvalue weighted by Crippen LogP contribution is 2.40. The molecule has 0 aliphatic carbocycles. The van der Waals surface area contributed by atoms with Crippen molar-refractivity contribution in [2.75, 3.05) is 4.90 Å². The largest absolute Gasteiger partial charge is 0.455 e. The van der Waals surface area contributed by atoms with Gasteiger partial charge in [0.25, 0.3) is 0 Å². The lowest BCUT2D eigenvalue weighted by Crippen LogP contribution is -2.09. The van der Waals surface area contributed by atoms with Gasteiger partial charge in [0.05, 0.1) is 0 Å². The first-order valence-corrected chi connectivity index (χ1v) is 13.6. The summed E-state index contributed by atoms with van der Waals surface area (Å²) in [6.45, 7) is 0. The molecule has 7 aromatic carbocycles. The SMILES string of the molecule is c1ccc(-c2ccc(N(c3ccc4ccccc4c3)c3ccc4c(ccc5c6ccccc6oc45)c3)cc2)cc1. The third-order valence-electron chi connectivity index (χ3n) is 7.83. The fourth-order valence-corrected chi connectivity index (χ4v) is 5.83. The first kappa shape index (κ1) is 22.6. The van der Waals surface area contributed by atoms with E-state index in [2.05, 4.69) is 144 Å². The van der Waals surface area contributed by atoms with Crippen molar-refractivity contribution < 1.29 is 4.42 Å². The van der Waals surface area contributed by atoms with Gasteiger partial charge in [0, 0.05) is 33.2 Å². The molecule has 0 amide bonds. The Morgan fingerprint density at radius 2 is 0.975 bits per heavy atom. The molecule has 0 aliphatic rings. The van der Waals surface area contributed by atoms with Crippen molar-refractivity contribution in [2.24, 2.45) is 0 Å². The monoisotopic (exact) mass is 511 g/mol. The molecule has 0 bridgehead atoms. The summed E-state index contributed by atoms with van der Waals surface area (Å²) in [6.07, 6.45) is 0. The van der Waals surface area contributed by atoms with Gasteiger partial charge in [-0.1, -0.05) is 97.1 Å². The van der Waals surface area contributed by atoms with Crippen molar-refractivity contribution in [3.8, 4) is 11.1 Å². The van der Waals surface area contributed by atoms with Gasteiger partial charge in [0.1, 0.15) is 11.2 Å². The lowest BCUT2D eigenvalue weighted by Gasteiger charge is -2.26. The second-order valence-corrected chi connectivity index (χ2v) is 10.2. The summed E-state index contributed by atoms with van der Waals surface area (Å²) in [5, 5.41) is 7.02. The third-order valence-corrected chi connectivity index (χ3v) is 7.83. The van der Waals surface area contributed by atoms with Crippen molar-refractivity contribution in [2.45, 2.75) is 0 Å². The molecule has 1 aromatic heterocycles. The number of rotatable bonds is 4. The second kappa shape index (κ2) is 9.14. The Morgan fingerprint density at radius 3 is 1.82 bits per heavy atom. The minimum Gasteiger partial charge on any atom is -0.455 e. The molecule has 8 aromatic rings. The normalized spacial score (nSPS) is 11.5. The van der Waals surface area contributed by atoms with Crippen LogP contribution < -0.4 is 4.90 Å². The molecule has 188 valence electrons. The van der Waals surface area contributed by atoms with Crippen LogP contribution in [0, 0.1) is 0 Å². The molecule has 2 heteroatoms. The quantitative estimate of drug-likeness (QED) is 0.234. The zero-order valence-corrected chi connectivity index (χ0v) is 21.8. The van der Waals surface area contributed by atoms with Crippen molar-refractivity contribution in [1.82, 2.24) is 0 Å². The number of hydrogen-bond donors (Lipinski definition) is 0. The number of fused-ring (bicyclic) bond motifs is 6. The average molecular weight is 512 g/mol. The zero-order chi connectivity index (χ0) is 26.5. The molecule has 0 saturated heterocycles. The number of anilines is 3. The van der Waals surface area contributed by atoms with E-state index in [1.165, 1.54) is 21.9 Å². The van der Waals surface area contributed by atoms with Gasteiger partial charge in [-0.05, 0) is 81.9 Å². The van der Waals surface area contributed by atoms with Crippen LogP contribution in [0.25, 0.3) is 54.6 Å². The summed E-state index contributed by atoms with van der Waals surface area (Å²) in [6, 6.07) is 53.9. The van der Waals surface area contributed by atoms with Crippen LogP contribution >= 0.6 is 0 Å². The first-order valence-electron chi connectivity index (χ1n) is 13.6. The van der Waals surface area contributed by atoms with E-state index in [0.717, 1.165) is 49.8 Å². The van der Waals surface area contributed by atoms with E-state index >= 15 is 0 Å². The summed E-state index contributed by atoms with van der Waals surface area (Å²) in [5.41, 5.74) is 7.61. The Labute approximate surface area is 232 Å². The zero-order valence-electron chi connectivity index (χ0n) is 21.8. The number of para-hydroxylation sites is 1. The molecule has 1 heterocycles. The average Bonchev–Trinajstić information content (AvgIpc) is 3.41. The molecule has 0 fully saturated rings. The summed E-state index contributed by atoms with van der Waals surface area (Å²) >= 11 is 0. The second-order valence-electron chi connectivity index (χ2n) is 10.2. The number of hydrogen-bond acceptors (Lipinski definition) is 2. The fraction of sp³-hybridized carbons (Fsp3) is 0. The van der Waals surface area contributed by atoms with Gasteiger partial charge in [0.2, 0.25) is 0 Å². The lowest BCUT2D eigenvalue weighted by molar-refractivity contribution is 0.672. The van der Waals surface area contributed by atoms with Gasteiger partial charge in [-0.25, -0.2) is 0 Å². The van der Waals surface area contributed by atoms with Crippen LogP contribution in [0.4, 0.5) is 17.1 Å². The number of nitrogens with zero attached hydrogens (tertiary/aromatic N) is 1. The van der Waals surface area contributed by atoms with E-state index in [0.29, 0.717) is 0 Å². The molecule has 0 radical (unpaired) electrons. The highest BCUT2D eigenvalue weighted by Gasteiger charge is 2.16. The van der Waals surface area contributed by atoms with Crippen molar-refractivity contribution in [1.29, 1.82) is 0 Å². The van der Waals surface area contributed by atoms with Crippen molar-refractivity contribution >= 4 is 60.5 Å². The molecule has 0 N–H and O–H groups in total. The standard InChI is InChI=1S/C38H25NO/c1-2-8-26(9-3-1)28-14-18-31(19-15-28)39(32-20-16-27-10-4-5-11-29(27)24-32)33-21-23-34-30(25-33)17-22-36-35-12-6-7-13-37(35)40-38(34)36/h1-25H. The predicted octanol–water partition coefficient (Wildman–Crippen LogP) is 11.0. The van der Waals surface area contributed by atoms with E-state index in [9.17, 15) is 0 Å². The van der Waals surface area contributed by atoms with Crippen LogP contribution in [0.5, 0.6) is 0 Å². The summed E-state index contributed by atoms with van der Waals surface area (Å²) in [4.78, 5) is 2.34. The number of furan rings is 1. The topological polar surface area (TPSA) is 16.4 Å². The van der Waals surface area contributed by atoms with E-state index in [1.54, 1.807) is 0 Å². The minimum atomic E-state index is 0.922. The molecule has 0 spiro atoms. The summed E-state index contributed by atoms with van der Waals surface area (Å²) in [7, 11) is 0. The molecule has 2 nitrogen and oxygen atoms in total.